The van der Waals surface area contributed by atoms with Crippen molar-refractivity contribution in [2.24, 2.45) is 5.73 Å². The van der Waals surface area contributed by atoms with Crippen LogP contribution in [-0.2, 0) is 9.53 Å². The predicted molar refractivity (Wildman–Crippen MR) is 52.8 cm³/mol. The van der Waals surface area contributed by atoms with Gasteiger partial charge in [-0.2, -0.15) is 13.2 Å². The minimum atomic E-state index is -4.75. The molecule has 0 radical (unpaired) electrons. The van der Waals surface area contributed by atoms with Crippen LogP contribution >= 0.6 is 0 Å². The number of carbonyl (C=O) groups excluding carboxylic acids is 1. The lowest BCUT2D eigenvalue weighted by atomic mass is 10.0. The van der Waals surface area contributed by atoms with Crippen LogP contribution in [0.25, 0.3) is 0 Å². The van der Waals surface area contributed by atoms with Crippen LogP contribution in [0.4, 0.5) is 13.2 Å². The second-order valence-electron chi connectivity index (χ2n) is 3.51. The van der Waals surface area contributed by atoms with Gasteiger partial charge in [-0.15, -0.1) is 0 Å². The van der Waals surface area contributed by atoms with Crippen LogP contribution in [0.15, 0.2) is 0 Å². The van der Waals surface area contributed by atoms with Crippen LogP contribution in [-0.4, -0.2) is 37.4 Å². The zero-order valence-corrected chi connectivity index (χ0v) is 9.36. The van der Waals surface area contributed by atoms with E-state index in [-0.39, 0.29) is 6.54 Å². The molecule has 3 N–H and O–H groups in total. The number of halogens is 3. The topological polar surface area (TPSA) is 64.3 Å². The maximum Gasteiger partial charge on any atom is 0.415 e. The first-order chi connectivity index (χ1) is 7.23. The van der Waals surface area contributed by atoms with Crippen molar-refractivity contribution in [3.63, 3.8) is 0 Å². The van der Waals surface area contributed by atoms with Crippen molar-refractivity contribution in [1.29, 1.82) is 0 Å². The number of ether oxygens (including phenoxy) is 1. The lowest BCUT2D eigenvalue weighted by molar-refractivity contribution is -0.187. The maximum absolute atomic E-state index is 12.3. The van der Waals surface area contributed by atoms with Gasteiger partial charge in [0.1, 0.15) is 0 Å². The molecule has 1 amide bonds. The molecule has 4 nitrogen and oxygen atoms in total. The molecule has 0 aliphatic carbocycles. The molecular formula is C9H17F3N2O2. The second-order valence-corrected chi connectivity index (χ2v) is 3.51. The van der Waals surface area contributed by atoms with E-state index in [0.29, 0.717) is 26.6 Å². The Kier molecular flexibility index (Phi) is 5.74. The summed E-state index contributed by atoms with van der Waals surface area (Å²) in [4.78, 5) is 11.1. The highest BCUT2D eigenvalue weighted by molar-refractivity contribution is 5.86. The fraction of sp³-hybridized carbons (Fsp3) is 0.889. The van der Waals surface area contributed by atoms with Crippen LogP contribution < -0.4 is 11.1 Å². The molecule has 0 aromatic carbocycles. The predicted octanol–water partition coefficient (Wildman–Crippen LogP) is 0.809. The number of amides is 1. The molecule has 1 atom stereocenters. The highest BCUT2D eigenvalue weighted by atomic mass is 19.4. The minimum Gasteiger partial charge on any atom is -0.382 e. The van der Waals surface area contributed by atoms with E-state index < -0.39 is 17.6 Å². The van der Waals surface area contributed by atoms with Gasteiger partial charge < -0.3 is 15.8 Å². The number of alkyl halides is 3. The van der Waals surface area contributed by atoms with Crippen molar-refractivity contribution in [3.8, 4) is 0 Å². The average Bonchev–Trinajstić information content (AvgIpc) is 2.15. The summed E-state index contributed by atoms with van der Waals surface area (Å²) >= 11 is 0. The lowest BCUT2D eigenvalue weighted by Gasteiger charge is -2.26. The van der Waals surface area contributed by atoms with Crippen molar-refractivity contribution < 1.29 is 22.7 Å². The molecule has 0 bridgehead atoms. The van der Waals surface area contributed by atoms with Crippen LogP contribution in [0.3, 0.4) is 0 Å². The van der Waals surface area contributed by atoms with E-state index in [1.54, 1.807) is 6.92 Å². The smallest absolute Gasteiger partial charge is 0.382 e. The van der Waals surface area contributed by atoms with Gasteiger partial charge in [-0.1, -0.05) is 0 Å². The van der Waals surface area contributed by atoms with Gasteiger partial charge in [-0.3, -0.25) is 4.79 Å². The number of nitrogens with two attached hydrogens (primary N) is 1. The van der Waals surface area contributed by atoms with Gasteiger partial charge >= 0.3 is 6.18 Å². The summed E-state index contributed by atoms with van der Waals surface area (Å²) in [5, 5.41) is 2.12. The van der Waals surface area contributed by atoms with E-state index in [2.05, 4.69) is 5.32 Å². The summed E-state index contributed by atoms with van der Waals surface area (Å²) in [6, 6.07) is 0. The molecule has 0 fully saturated rings. The first-order valence-corrected chi connectivity index (χ1v) is 4.95. The van der Waals surface area contributed by atoms with Gasteiger partial charge in [-0.25, -0.2) is 0 Å². The summed E-state index contributed by atoms with van der Waals surface area (Å²) in [6.07, 6.45) is -4.30. The van der Waals surface area contributed by atoms with E-state index in [0.717, 1.165) is 0 Å². The summed E-state index contributed by atoms with van der Waals surface area (Å²) in [5.74, 6) is -1.23. The Morgan fingerprint density at radius 2 is 2.00 bits per heavy atom. The zero-order valence-electron chi connectivity index (χ0n) is 9.36. The summed E-state index contributed by atoms with van der Waals surface area (Å²) in [5.41, 5.74) is 2.06. The Labute approximate surface area is 92.3 Å². The van der Waals surface area contributed by atoms with Gasteiger partial charge in [0.15, 0.2) is 5.54 Å². The number of hydrogen-bond donors (Lipinski definition) is 2. The van der Waals surface area contributed by atoms with Gasteiger partial charge in [0.05, 0.1) is 0 Å². The minimum absolute atomic E-state index is 0.113. The molecule has 7 heteroatoms. The highest BCUT2D eigenvalue weighted by Gasteiger charge is 2.53. The van der Waals surface area contributed by atoms with Gasteiger partial charge in [-0.05, 0) is 20.3 Å². The van der Waals surface area contributed by atoms with Crippen LogP contribution in [0, 0.1) is 0 Å². The van der Waals surface area contributed by atoms with Gasteiger partial charge in [0.25, 0.3) is 0 Å². The molecule has 0 saturated carbocycles. The third-order valence-corrected chi connectivity index (χ3v) is 2.02. The summed E-state index contributed by atoms with van der Waals surface area (Å²) < 4.78 is 41.9. The molecule has 0 aromatic rings. The highest BCUT2D eigenvalue weighted by Crippen LogP contribution is 2.27. The van der Waals surface area contributed by atoms with Crippen molar-refractivity contribution in [1.82, 2.24) is 5.32 Å². The molecule has 0 heterocycles. The SMILES string of the molecule is CCOCCCNC(=O)C(C)(N)C(F)(F)F. The third kappa shape index (κ3) is 4.36. The molecule has 0 aliphatic heterocycles. The molecule has 0 aromatic heterocycles. The van der Waals surface area contributed by atoms with E-state index >= 15 is 0 Å². The molecule has 0 spiro atoms. The van der Waals surface area contributed by atoms with Crippen LogP contribution in [0.5, 0.6) is 0 Å². The fourth-order valence-electron chi connectivity index (χ4n) is 0.833. The molecule has 0 aliphatic rings. The molecular weight excluding hydrogens is 225 g/mol. The number of nitrogens with one attached hydrogen (secondary N) is 1. The largest absolute Gasteiger partial charge is 0.415 e. The van der Waals surface area contributed by atoms with Crippen LogP contribution in [0.1, 0.15) is 20.3 Å². The Balaban J connectivity index is 3.98. The van der Waals surface area contributed by atoms with Crippen LogP contribution in [0.2, 0.25) is 0 Å². The second kappa shape index (κ2) is 6.05. The molecule has 0 rings (SSSR count). The fourth-order valence-corrected chi connectivity index (χ4v) is 0.833. The number of carbonyl (C=O) groups is 1. The standard InChI is InChI=1S/C9H17F3N2O2/c1-3-16-6-4-5-14-7(15)8(2,13)9(10,11)12/h3-6,13H2,1-2H3,(H,14,15). The van der Waals surface area contributed by atoms with Crippen molar-refractivity contribution in [3.05, 3.63) is 0 Å². The van der Waals surface area contributed by atoms with E-state index in [1.807, 2.05) is 0 Å². The lowest BCUT2D eigenvalue weighted by Crippen LogP contribution is -2.61. The number of rotatable bonds is 6. The maximum atomic E-state index is 12.3. The van der Waals surface area contributed by atoms with E-state index in [4.69, 9.17) is 10.5 Å². The monoisotopic (exact) mass is 242 g/mol. The van der Waals surface area contributed by atoms with Crippen molar-refractivity contribution in [2.75, 3.05) is 19.8 Å². The summed E-state index contributed by atoms with van der Waals surface area (Å²) in [6.45, 7) is 3.49. The first kappa shape index (κ1) is 15.2. The molecule has 0 saturated heterocycles. The quantitative estimate of drug-likeness (QED) is 0.677. The third-order valence-electron chi connectivity index (χ3n) is 2.02. The Bertz CT molecular complexity index is 229. The number of hydrogen-bond acceptors (Lipinski definition) is 3. The average molecular weight is 242 g/mol. The Morgan fingerprint density at radius 3 is 2.44 bits per heavy atom. The molecule has 16 heavy (non-hydrogen) atoms. The zero-order chi connectivity index (χ0) is 12.8. The van der Waals surface area contributed by atoms with Gasteiger partial charge in [0, 0.05) is 19.8 Å². The normalized spacial score (nSPS) is 15.6. The molecule has 96 valence electrons. The molecule has 1 unspecified atom stereocenters. The van der Waals surface area contributed by atoms with Crippen molar-refractivity contribution >= 4 is 5.91 Å². The Hall–Kier alpha value is -0.820. The van der Waals surface area contributed by atoms with Crippen molar-refractivity contribution in [2.45, 2.75) is 32.0 Å². The summed E-state index contributed by atoms with van der Waals surface area (Å²) in [7, 11) is 0. The Morgan fingerprint density at radius 1 is 1.44 bits per heavy atom. The van der Waals surface area contributed by atoms with Gasteiger partial charge in [0.2, 0.25) is 5.91 Å². The van der Waals surface area contributed by atoms with E-state index in [9.17, 15) is 18.0 Å². The van der Waals surface area contributed by atoms with E-state index in [1.165, 1.54) is 0 Å². The first-order valence-electron chi connectivity index (χ1n) is 4.95.